The van der Waals surface area contributed by atoms with Crippen LogP contribution in [0.3, 0.4) is 0 Å². The molecule has 0 fully saturated rings. The Morgan fingerprint density at radius 1 is 0.879 bits per heavy atom. The van der Waals surface area contributed by atoms with Gasteiger partial charge in [0.2, 0.25) is 0 Å². The molecule has 33 heavy (non-hydrogen) atoms. The van der Waals surface area contributed by atoms with E-state index in [0.29, 0.717) is 23.2 Å². The number of phenols is 1. The molecule has 0 heterocycles. The van der Waals surface area contributed by atoms with Crippen LogP contribution in [0, 0.1) is 0 Å². The van der Waals surface area contributed by atoms with Gasteiger partial charge in [0.25, 0.3) is 5.91 Å². The second-order valence-corrected chi connectivity index (χ2v) is 6.87. The Bertz CT molecular complexity index is 1210. The van der Waals surface area contributed by atoms with Gasteiger partial charge in [0.1, 0.15) is 5.75 Å². The van der Waals surface area contributed by atoms with Crippen molar-refractivity contribution in [3.05, 3.63) is 102 Å². The van der Waals surface area contributed by atoms with Crippen molar-refractivity contribution in [1.29, 1.82) is 0 Å². The topological polar surface area (TPSA) is 120 Å². The first-order chi connectivity index (χ1) is 16.0. The number of allylic oxidation sites excluding steroid dienone is 1. The van der Waals surface area contributed by atoms with Gasteiger partial charge in [0.05, 0.1) is 17.5 Å². The van der Waals surface area contributed by atoms with Crippen molar-refractivity contribution in [1.82, 2.24) is 5.43 Å². The van der Waals surface area contributed by atoms with Crippen LogP contribution in [0.5, 0.6) is 5.75 Å². The molecule has 0 unspecified atom stereocenters. The monoisotopic (exact) mass is 442 g/mol. The van der Waals surface area contributed by atoms with Gasteiger partial charge in [-0.2, -0.15) is 5.10 Å². The largest absolute Gasteiger partial charge is 0.507 e. The van der Waals surface area contributed by atoms with Gasteiger partial charge in [-0.1, -0.05) is 48.5 Å². The van der Waals surface area contributed by atoms with Crippen LogP contribution in [0.4, 0.5) is 11.4 Å². The van der Waals surface area contributed by atoms with E-state index in [9.17, 15) is 19.5 Å². The number of amides is 3. The van der Waals surface area contributed by atoms with Gasteiger partial charge in [-0.3, -0.25) is 14.4 Å². The predicted octanol–water partition coefficient (Wildman–Crippen LogP) is 3.46. The van der Waals surface area contributed by atoms with E-state index in [1.165, 1.54) is 18.3 Å². The van der Waals surface area contributed by atoms with Gasteiger partial charge in [-0.05, 0) is 42.3 Å². The molecule has 0 spiro atoms. The molecule has 0 aliphatic heterocycles. The SMILES string of the molecule is C=CCc1cccc(/C=N\NC(=O)C(=O)Nc2ccccc2C(=O)Nc2ccccc2)c1O. The molecule has 0 saturated carbocycles. The Kier molecular flexibility index (Phi) is 7.69. The van der Waals surface area contributed by atoms with Crippen molar-refractivity contribution < 1.29 is 19.5 Å². The summed E-state index contributed by atoms with van der Waals surface area (Å²) in [6, 6.07) is 20.2. The van der Waals surface area contributed by atoms with Crippen LogP contribution in [-0.2, 0) is 16.0 Å². The minimum absolute atomic E-state index is 0.0122. The average Bonchev–Trinajstić information content (AvgIpc) is 2.82. The molecule has 0 radical (unpaired) electrons. The van der Waals surface area contributed by atoms with Gasteiger partial charge in [-0.15, -0.1) is 6.58 Å². The number of hydrogen-bond acceptors (Lipinski definition) is 5. The lowest BCUT2D eigenvalue weighted by atomic mass is 10.1. The van der Waals surface area contributed by atoms with E-state index in [1.807, 2.05) is 6.07 Å². The first-order valence-electron chi connectivity index (χ1n) is 10.0. The first kappa shape index (κ1) is 23.0. The summed E-state index contributed by atoms with van der Waals surface area (Å²) in [7, 11) is 0. The molecule has 3 aromatic rings. The van der Waals surface area contributed by atoms with Crippen LogP contribution in [0.2, 0.25) is 0 Å². The third-order valence-corrected chi connectivity index (χ3v) is 4.54. The molecular weight excluding hydrogens is 420 g/mol. The van der Waals surface area contributed by atoms with E-state index >= 15 is 0 Å². The number of nitrogens with one attached hydrogen (secondary N) is 3. The number of phenolic OH excluding ortho intramolecular Hbond substituents is 1. The van der Waals surface area contributed by atoms with Crippen LogP contribution < -0.4 is 16.1 Å². The van der Waals surface area contributed by atoms with Crippen LogP contribution in [-0.4, -0.2) is 29.0 Å². The molecule has 0 aromatic heterocycles. The molecule has 0 bridgehead atoms. The summed E-state index contributed by atoms with van der Waals surface area (Å²) in [5.41, 5.74) is 4.09. The fourth-order valence-corrected chi connectivity index (χ4v) is 2.94. The number of anilines is 2. The molecule has 4 N–H and O–H groups in total. The lowest BCUT2D eigenvalue weighted by Crippen LogP contribution is -2.33. The molecule has 3 aromatic carbocycles. The summed E-state index contributed by atoms with van der Waals surface area (Å²) in [5.74, 6) is -2.47. The van der Waals surface area contributed by atoms with E-state index in [2.05, 4.69) is 27.7 Å². The Labute approximate surface area is 190 Å². The van der Waals surface area contributed by atoms with Gasteiger partial charge >= 0.3 is 11.8 Å². The number of carbonyl (C=O) groups excluding carboxylic acids is 3. The highest BCUT2D eigenvalue weighted by Crippen LogP contribution is 2.21. The number of para-hydroxylation sites is 3. The quantitative estimate of drug-likeness (QED) is 0.194. The molecular formula is C25H22N4O4. The number of hydrogen-bond donors (Lipinski definition) is 4. The number of aromatic hydroxyl groups is 1. The van der Waals surface area contributed by atoms with Gasteiger partial charge in [-0.25, -0.2) is 5.43 Å². The summed E-state index contributed by atoms with van der Waals surface area (Å²) in [6.07, 6.45) is 3.36. The summed E-state index contributed by atoms with van der Waals surface area (Å²) < 4.78 is 0. The third kappa shape index (κ3) is 6.14. The number of hydrazone groups is 1. The number of nitrogens with zero attached hydrogens (tertiary/aromatic N) is 1. The zero-order chi connectivity index (χ0) is 23.6. The lowest BCUT2D eigenvalue weighted by Gasteiger charge is -2.11. The van der Waals surface area contributed by atoms with Crippen LogP contribution in [0.1, 0.15) is 21.5 Å². The van der Waals surface area contributed by atoms with Crippen molar-refractivity contribution in [3.8, 4) is 5.75 Å². The minimum atomic E-state index is -1.04. The number of benzene rings is 3. The Morgan fingerprint density at radius 2 is 1.61 bits per heavy atom. The smallest absolute Gasteiger partial charge is 0.329 e. The lowest BCUT2D eigenvalue weighted by molar-refractivity contribution is -0.136. The normalized spacial score (nSPS) is 10.4. The minimum Gasteiger partial charge on any atom is -0.507 e. The molecule has 0 aliphatic rings. The van der Waals surface area contributed by atoms with Crippen molar-refractivity contribution >= 4 is 35.3 Å². The van der Waals surface area contributed by atoms with Crippen molar-refractivity contribution in [2.24, 2.45) is 5.10 Å². The molecule has 166 valence electrons. The maximum Gasteiger partial charge on any atom is 0.329 e. The highest BCUT2D eigenvalue weighted by molar-refractivity contribution is 6.40. The summed E-state index contributed by atoms with van der Waals surface area (Å²) in [5, 5.41) is 19.1. The standard InChI is InChI=1S/C25H22N4O4/c1-2-9-17-10-8-11-18(22(17)30)16-26-29-25(33)24(32)28-21-15-7-6-14-20(21)23(31)27-19-12-4-3-5-13-19/h2-8,10-16,30H,1,9H2,(H,27,31)(H,28,32)(H,29,33)/b26-16-. The second kappa shape index (κ2) is 11.1. The molecule has 0 atom stereocenters. The van der Waals surface area contributed by atoms with E-state index < -0.39 is 17.7 Å². The summed E-state index contributed by atoms with van der Waals surface area (Å²) in [4.78, 5) is 37.1. The Balaban J connectivity index is 1.64. The van der Waals surface area contributed by atoms with E-state index in [0.717, 1.165) is 0 Å². The number of carbonyl (C=O) groups is 3. The molecule has 8 nitrogen and oxygen atoms in total. The van der Waals surface area contributed by atoms with Crippen molar-refractivity contribution in [3.63, 3.8) is 0 Å². The molecule has 8 heteroatoms. The number of rotatable bonds is 7. The van der Waals surface area contributed by atoms with Crippen molar-refractivity contribution in [2.45, 2.75) is 6.42 Å². The fourth-order valence-electron chi connectivity index (χ4n) is 2.94. The first-order valence-corrected chi connectivity index (χ1v) is 10.0. The third-order valence-electron chi connectivity index (χ3n) is 4.54. The van der Waals surface area contributed by atoms with E-state index in [-0.39, 0.29) is 17.0 Å². The van der Waals surface area contributed by atoms with Gasteiger partial charge in [0, 0.05) is 11.3 Å². The van der Waals surface area contributed by atoms with Crippen LogP contribution in [0.25, 0.3) is 0 Å². The van der Waals surface area contributed by atoms with Gasteiger partial charge < -0.3 is 15.7 Å². The highest BCUT2D eigenvalue weighted by Gasteiger charge is 2.18. The zero-order valence-electron chi connectivity index (χ0n) is 17.6. The molecule has 0 saturated heterocycles. The fraction of sp³-hybridized carbons (Fsp3) is 0.0400. The van der Waals surface area contributed by atoms with Crippen LogP contribution >= 0.6 is 0 Å². The molecule has 3 amide bonds. The predicted molar refractivity (Wildman–Crippen MR) is 127 cm³/mol. The average molecular weight is 442 g/mol. The van der Waals surface area contributed by atoms with Crippen molar-refractivity contribution in [2.75, 3.05) is 10.6 Å². The van der Waals surface area contributed by atoms with Crippen LogP contribution in [0.15, 0.2) is 90.6 Å². The zero-order valence-corrected chi connectivity index (χ0v) is 17.6. The summed E-state index contributed by atoms with van der Waals surface area (Å²) in [6.45, 7) is 3.63. The highest BCUT2D eigenvalue weighted by atomic mass is 16.3. The second-order valence-electron chi connectivity index (χ2n) is 6.87. The Hall–Kier alpha value is -4.72. The van der Waals surface area contributed by atoms with Gasteiger partial charge in [0.15, 0.2) is 0 Å². The summed E-state index contributed by atoms with van der Waals surface area (Å²) >= 11 is 0. The van der Waals surface area contributed by atoms with E-state index in [4.69, 9.17) is 0 Å². The van der Waals surface area contributed by atoms with E-state index in [1.54, 1.807) is 60.7 Å². The Morgan fingerprint density at radius 3 is 2.36 bits per heavy atom. The maximum absolute atomic E-state index is 12.6. The maximum atomic E-state index is 12.6. The molecule has 0 aliphatic carbocycles. The molecule has 3 rings (SSSR count).